The summed E-state index contributed by atoms with van der Waals surface area (Å²) in [4.78, 5) is 12.9. The molecule has 0 atom stereocenters. The smallest absolute Gasteiger partial charge is 0.267 e. The molecule has 0 spiro atoms. The normalized spacial score (nSPS) is 10.3. The predicted molar refractivity (Wildman–Crippen MR) is 87.5 cm³/mol. The van der Waals surface area contributed by atoms with Crippen LogP contribution in [0, 0.1) is 11.3 Å². The summed E-state index contributed by atoms with van der Waals surface area (Å²) in [6.45, 7) is 0.381. The molecule has 6 heteroatoms. The van der Waals surface area contributed by atoms with Crippen LogP contribution >= 0.6 is 11.3 Å². The molecule has 0 bridgehead atoms. The van der Waals surface area contributed by atoms with Gasteiger partial charge in [0.1, 0.15) is 7.85 Å². The van der Waals surface area contributed by atoms with E-state index in [4.69, 9.17) is 13.1 Å². The van der Waals surface area contributed by atoms with Crippen LogP contribution in [-0.4, -0.2) is 17.6 Å². The molecule has 2 radical (unpaired) electrons. The number of hydrogen-bond acceptors (Lipinski definition) is 4. The van der Waals surface area contributed by atoms with Crippen LogP contribution in [0.3, 0.4) is 0 Å². The Balaban J connectivity index is 1.99. The third-order valence-corrected chi connectivity index (χ3v) is 4.07. The molecule has 0 amide bonds. The van der Waals surface area contributed by atoms with E-state index in [0.717, 1.165) is 10.4 Å². The largest absolute Gasteiger partial charge is 0.268 e. The first kappa shape index (κ1) is 14.3. The van der Waals surface area contributed by atoms with Crippen molar-refractivity contribution < 1.29 is 0 Å². The fourth-order valence-corrected chi connectivity index (χ4v) is 2.85. The van der Waals surface area contributed by atoms with E-state index in [1.165, 1.54) is 22.1 Å². The molecular formula is C16H10BN3OS. The van der Waals surface area contributed by atoms with Crippen LogP contribution in [0.1, 0.15) is 10.4 Å². The van der Waals surface area contributed by atoms with Gasteiger partial charge >= 0.3 is 0 Å². The Morgan fingerprint density at radius 1 is 1.27 bits per heavy atom. The molecule has 0 aliphatic rings. The van der Waals surface area contributed by atoms with Gasteiger partial charge < -0.3 is 0 Å². The third kappa shape index (κ3) is 3.00. The number of nitriles is 1. The van der Waals surface area contributed by atoms with Crippen LogP contribution in [0.25, 0.3) is 11.3 Å². The average molecular weight is 303 g/mol. The number of thiophene rings is 1. The molecule has 0 saturated heterocycles. The van der Waals surface area contributed by atoms with Crippen molar-refractivity contribution in [2.45, 2.75) is 6.54 Å². The Morgan fingerprint density at radius 2 is 2.14 bits per heavy atom. The minimum atomic E-state index is -0.174. The monoisotopic (exact) mass is 303 g/mol. The maximum atomic E-state index is 12.0. The fraction of sp³-hybridized carbons (Fsp3) is 0.0625. The van der Waals surface area contributed by atoms with Crippen molar-refractivity contribution in [3.8, 4) is 17.3 Å². The highest BCUT2D eigenvalue weighted by Crippen LogP contribution is 2.17. The van der Waals surface area contributed by atoms with Gasteiger partial charge in [0.05, 0.1) is 23.9 Å². The van der Waals surface area contributed by atoms with Crippen LogP contribution in [0.5, 0.6) is 0 Å². The van der Waals surface area contributed by atoms with Crippen molar-refractivity contribution in [3.63, 3.8) is 0 Å². The maximum absolute atomic E-state index is 12.0. The lowest BCUT2D eigenvalue weighted by Gasteiger charge is -2.06. The lowest BCUT2D eigenvalue weighted by atomic mass is 10.0. The van der Waals surface area contributed by atoms with Crippen LogP contribution in [0.4, 0.5) is 0 Å². The van der Waals surface area contributed by atoms with Gasteiger partial charge in [0, 0.05) is 16.5 Å². The molecule has 1 aromatic carbocycles. The Morgan fingerprint density at radius 3 is 2.86 bits per heavy atom. The van der Waals surface area contributed by atoms with Crippen molar-refractivity contribution in [3.05, 3.63) is 68.6 Å². The summed E-state index contributed by atoms with van der Waals surface area (Å²) in [5, 5.41) is 15.2. The minimum Gasteiger partial charge on any atom is -0.268 e. The van der Waals surface area contributed by atoms with Crippen molar-refractivity contribution in [1.82, 2.24) is 9.78 Å². The molecule has 4 nitrogen and oxygen atoms in total. The summed E-state index contributed by atoms with van der Waals surface area (Å²) in [6.07, 6.45) is 0. The van der Waals surface area contributed by atoms with Gasteiger partial charge in [-0.3, -0.25) is 4.79 Å². The second kappa shape index (κ2) is 6.00. The molecule has 2 heterocycles. The molecule has 0 aliphatic carbocycles. The van der Waals surface area contributed by atoms with Gasteiger partial charge in [0.2, 0.25) is 0 Å². The Labute approximate surface area is 132 Å². The number of benzene rings is 1. The third-order valence-electron chi connectivity index (χ3n) is 3.13. The molecule has 0 unspecified atom stereocenters. The van der Waals surface area contributed by atoms with Crippen LogP contribution in [0.15, 0.2) is 52.6 Å². The average Bonchev–Trinajstić information content (AvgIpc) is 2.94. The predicted octanol–water partition coefficient (Wildman–Crippen LogP) is 1.69. The van der Waals surface area contributed by atoms with E-state index in [-0.39, 0.29) is 5.56 Å². The molecule has 0 N–H and O–H groups in total. The SMILES string of the molecule is [B]c1csc(Cn2nc(-c3cccc(C#N)c3)ccc2=O)c1. The van der Waals surface area contributed by atoms with E-state index in [1.54, 1.807) is 24.3 Å². The van der Waals surface area contributed by atoms with Gasteiger partial charge in [-0.2, -0.15) is 10.4 Å². The van der Waals surface area contributed by atoms with Gasteiger partial charge in [-0.15, -0.1) is 11.3 Å². The van der Waals surface area contributed by atoms with Gasteiger partial charge in [0.25, 0.3) is 5.56 Å². The molecule has 3 aromatic rings. The molecule has 104 valence electrons. The van der Waals surface area contributed by atoms with E-state index in [0.29, 0.717) is 23.3 Å². The molecule has 0 fully saturated rings. The molecular weight excluding hydrogens is 293 g/mol. The number of nitrogens with zero attached hydrogens (tertiary/aromatic N) is 3. The van der Waals surface area contributed by atoms with Crippen LogP contribution in [0.2, 0.25) is 0 Å². The Hall–Kier alpha value is -2.65. The van der Waals surface area contributed by atoms with E-state index in [1.807, 2.05) is 17.5 Å². The second-order valence-corrected chi connectivity index (χ2v) is 5.75. The molecule has 3 rings (SSSR count). The number of rotatable bonds is 3. The number of hydrogen-bond donors (Lipinski definition) is 0. The first-order chi connectivity index (χ1) is 10.7. The van der Waals surface area contributed by atoms with Crippen LogP contribution in [-0.2, 0) is 6.54 Å². The summed E-state index contributed by atoms with van der Waals surface area (Å²) in [6, 6.07) is 14.2. The Bertz CT molecular complexity index is 923. The molecule has 22 heavy (non-hydrogen) atoms. The molecule has 2 aromatic heterocycles. The first-order valence-electron chi connectivity index (χ1n) is 6.57. The van der Waals surface area contributed by atoms with Crippen molar-refractivity contribution in [2.24, 2.45) is 0 Å². The van der Waals surface area contributed by atoms with Crippen molar-refractivity contribution in [1.29, 1.82) is 5.26 Å². The van der Waals surface area contributed by atoms with E-state index in [9.17, 15) is 4.79 Å². The fourth-order valence-electron chi connectivity index (χ4n) is 2.09. The lowest BCUT2D eigenvalue weighted by Crippen LogP contribution is -2.22. The van der Waals surface area contributed by atoms with Crippen molar-refractivity contribution >= 4 is 24.6 Å². The van der Waals surface area contributed by atoms with Crippen molar-refractivity contribution in [2.75, 3.05) is 0 Å². The summed E-state index contributed by atoms with van der Waals surface area (Å²) in [7, 11) is 5.70. The zero-order valence-electron chi connectivity index (χ0n) is 11.6. The van der Waals surface area contributed by atoms with Gasteiger partial charge in [-0.05, 0) is 23.6 Å². The number of aromatic nitrogens is 2. The minimum absolute atomic E-state index is 0.174. The zero-order valence-corrected chi connectivity index (χ0v) is 12.4. The summed E-state index contributed by atoms with van der Waals surface area (Å²) in [5.74, 6) is 0. The van der Waals surface area contributed by atoms with Gasteiger partial charge in [-0.25, -0.2) is 4.68 Å². The zero-order chi connectivity index (χ0) is 15.5. The van der Waals surface area contributed by atoms with Gasteiger partial charge in [-0.1, -0.05) is 23.7 Å². The van der Waals surface area contributed by atoms with E-state index >= 15 is 0 Å². The standard InChI is InChI=1S/C16H10BN3OS/c17-13-7-14(22-10-13)9-20-16(21)5-4-15(19-20)12-3-1-2-11(6-12)8-18/h1-7,10H,9H2. The molecule has 0 aliphatic heterocycles. The summed E-state index contributed by atoms with van der Waals surface area (Å²) in [5.41, 5.74) is 2.53. The first-order valence-corrected chi connectivity index (χ1v) is 7.45. The molecule has 0 saturated carbocycles. The van der Waals surface area contributed by atoms with Gasteiger partial charge in [0.15, 0.2) is 0 Å². The Kier molecular flexibility index (Phi) is 3.90. The van der Waals surface area contributed by atoms with Crippen LogP contribution < -0.4 is 11.0 Å². The lowest BCUT2D eigenvalue weighted by molar-refractivity contribution is 0.649. The summed E-state index contributed by atoms with van der Waals surface area (Å²) < 4.78 is 1.40. The quantitative estimate of drug-likeness (QED) is 0.692. The maximum Gasteiger partial charge on any atom is 0.267 e. The second-order valence-electron chi connectivity index (χ2n) is 4.75. The highest BCUT2D eigenvalue weighted by Gasteiger charge is 2.06. The topological polar surface area (TPSA) is 58.7 Å². The highest BCUT2D eigenvalue weighted by molar-refractivity contribution is 7.10. The van der Waals surface area contributed by atoms with E-state index < -0.39 is 0 Å². The van der Waals surface area contributed by atoms with E-state index in [2.05, 4.69) is 11.2 Å². The highest BCUT2D eigenvalue weighted by atomic mass is 32.1. The summed E-state index contributed by atoms with van der Waals surface area (Å²) >= 11 is 1.49.